The van der Waals surface area contributed by atoms with Crippen LogP contribution in [-0.4, -0.2) is 70.0 Å². The average molecular weight is 517 g/mol. The lowest BCUT2D eigenvalue weighted by atomic mass is 10.1. The average Bonchev–Trinajstić information content (AvgIpc) is 3.85. The molecule has 5 rings (SSSR count). The number of methoxy groups -OCH3 is 1. The van der Waals surface area contributed by atoms with Gasteiger partial charge in [0, 0.05) is 44.5 Å². The van der Waals surface area contributed by atoms with Crippen molar-refractivity contribution >= 4 is 34.9 Å². The van der Waals surface area contributed by atoms with Crippen LogP contribution in [0.2, 0.25) is 0 Å². The monoisotopic (exact) mass is 516 g/mol. The van der Waals surface area contributed by atoms with Gasteiger partial charge in [0.25, 0.3) is 11.8 Å². The molecule has 2 aliphatic carbocycles. The van der Waals surface area contributed by atoms with Crippen molar-refractivity contribution in [2.75, 3.05) is 31.8 Å². The first-order valence-corrected chi connectivity index (χ1v) is 12.3. The number of carbonyl (C=O) groups is 3. The number of para-hydroxylation sites is 1. The van der Waals surface area contributed by atoms with Crippen LogP contribution in [0.5, 0.6) is 5.75 Å². The molecule has 12 nitrogen and oxygen atoms in total. The maximum absolute atomic E-state index is 12.6. The summed E-state index contributed by atoms with van der Waals surface area (Å²) in [5, 5.41) is 16.5. The Morgan fingerprint density at radius 1 is 1.03 bits per heavy atom. The van der Waals surface area contributed by atoms with E-state index < -0.39 is 5.91 Å². The second-order valence-electron chi connectivity index (χ2n) is 9.29. The maximum Gasteiger partial charge on any atom is 0.273 e. The van der Waals surface area contributed by atoms with Crippen LogP contribution < -0.4 is 20.7 Å². The molecule has 3 aromatic rings. The molecule has 2 saturated carbocycles. The minimum absolute atomic E-state index is 0.0145. The molecule has 0 radical (unpaired) electrons. The summed E-state index contributed by atoms with van der Waals surface area (Å²) in [5.74, 6) is 0.317. The number of hydrogen-bond donors (Lipinski definition) is 3. The van der Waals surface area contributed by atoms with Crippen molar-refractivity contribution in [1.82, 2.24) is 30.4 Å². The van der Waals surface area contributed by atoms with Crippen molar-refractivity contribution < 1.29 is 19.1 Å². The van der Waals surface area contributed by atoms with Crippen LogP contribution in [0.3, 0.4) is 0 Å². The minimum Gasteiger partial charge on any atom is -0.494 e. The van der Waals surface area contributed by atoms with Gasteiger partial charge in [0.2, 0.25) is 5.91 Å². The Balaban J connectivity index is 1.44. The van der Waals surface area contributed by atoms with E-state index in [1.54, 1.807) is 36.2 Å². The highest BCUT2D eigenvalue weighted by atomic mass is 16.5. The minimum atomic E-state index is -0.449. The zero-order valence-electron chi connectivity index (χ0n) is 21.3. The number of ether oxygens (including phenoxy) is 1. The lowest BCUT2D eigenvalue weighted by Crippen LogP contribution is -2.28. The molecule has 0 saturated heterocycles. The third-order valence-electron chi connectivity index (χ3n) is 6.48. The zero-order chi connectivity index (χ0) is 26.8. The van der Waals surface area contributed by atoms with Gasteiger partial charge in [-0.15, -0.1) is 10.2 Å². The SMILES string of the molecule is CNC(=O)c1nnc(NC(=O)C2CC2)cc1Nc1cccc(-c2ncc(C(=O)N(C)C3CC3)cn2)c1OC. The molecule has 12 heteroatoms. The Morgan fingerprint density at radius 2 is 1.76 bits per heavy atom. The van der Waals surface area contributed by atoms with Crippen molar-refractivity contribution in [3.8, 4) is 17.1 Å². The number of rotatable bonds is 9. The van der Waals surface area contributed by atoms with E-state index in [9.17, 15) is 14.4 Å². The molecular weight excluding hydrogens is 488 g/mol. The number of nitrogens with zero attached hydrogens (tertiary/aromatic N) is 5. The Labute approximate surface area is 219 Å². The smallest absolute Gasteiger partial charge is 0.273 e. The van der Waals surface area contributed by atoms with Crippen LogP contribution in [0.15, 0.2) is 36.7 Å². The summed E-state index contributed by atoms with van der Waals surface area (Å²) in [7, 11) is 4.79. The fraction of sp³-hybridized carbons (Fsp3) is 0.346. The molecule has 0 unspecified atom stereocenters. The summed E-state index contributed by atoms with van der Waals surface area (Å²) >= 11 is 0. The molecule has 196 valence electrons. The van der Waals surface area contributed by atoms with Gasteiger partial charge >= 0.3 is 0 Å². The lowest BCUT2D eigenvalue weighted by molar-refractivity contribution is -0.117. The van der Waals surface area contributed by atoms with Gasteiger partial charge in [-0.2, -0.15) is 0 Å². The van der Waals surface area contributed by atoms with Gasteiger partial charge in [-0.25, -0.2) is 9.97 Å². The van der Waals surface area contributed by atoms with Crippen LogP contribution in [0.4, 0.5) is 17.2 Å². The molecule has 2 fully saturated rings. The molecule has 2 heterocycles. The maximum atomic E-state index is 12.6. The van der Waals surface area contributed by atoms with Crippen LogP contribution in [0, 0.1) is 5.92 Å². The normalized spacial score (nSPS) is 14.4. The highest BCUT2D eigenvalue weighted by Gasteiger charge is 2.31. The highest BCUT2D eigenvalue weighted by Crippen LogP contribution is 2.37. The van der Waals surface area contributed by atoms with Crippen molar-refractivity contribution in [3.05, 3.63) is 47.9 Å². The van der Waals surface area contributed by atoms with Crippen molar-refractivity contribution in [2.24, 2.45) is 5.92 Å². The van der Waals surface area contributed by atoms with E-state index in [0.717, 1.165) is 25.7 Å². The summed E-state index contributed by atoms with van der Waals surface area (Å²) in [6.45, 7) is 0. The molecule has 3 amide bonds. The summed E-state index contributed by atoms with van der Waals surface area (Å²) < 4.78 is 5.70. The van der Waals surface area contributed by atoms with Crippen molar-refractivity contribution in [3.63, 3.8) is 0 Å². The van der Waals surface area contributed by atoms with Crippen LogP contribution in [0.1, 0.15) is 46.5 Å². The number of aromatic nitrogens is 4. The van der Waals surface area contributed by atoms with Crippen molar-refractivity contribution in [2.45, 2.75) is 31.7 Å². The van der Waals surface area contributed by atoms with Crippen LogP contribution in [-0.2, 0) is 4.79 Å². The van der Waals surface area contributed by atoms with E-state index in [1.165, 1.54) is 26.6 Å². The molecular formula is C26H28N8O4. The van der Waals surface area contributed by atoms with Gasteiger partial charge in [-0.3, -0.25) is 14.4 Å². The number of benzene rings is 1. The van der Waals surface area contributed by atoms with Crippen LogP contribution >= 0.6 is 0 Å². The van der Waals surface area contributed by atoms with E-state index in [-0.39, 0.29) is 35.3 Å². The first-order chi connectivity index (χ1) is 18.4. The van der Waals surface area contributed by atoms with Gasteiger partial charge in [0.1, 0.15) is 0 Å². The van der Waals surface area contributed by atoms with E-state index in [4.69, 9.17) is 4.74 Å². The molecule has 2 aromatic heterocycles. The molecule has 1 aromatic carbocycles. The van der Waals surface area contributed by atoms with Gasteiger partial charge in [0.15, 0.2) is 23.1 Å². The molecule has 0 bridgehead atoms. The second-order valence-corrected chi connectivity index (χ2v) is 9.29. The summed E-state index contributed by atoms with van der Waals surface area (Å²) in [4.78, 5) is 47.9. The molecule has 38 heavy (non-hydrogen) atoms. The molecule has 0 aliphatic heterocycles. The number of hydrogen-bond acceptors (Lipinski definition) is 9. The van der Waals surface area contributed by atoms with Gasteiger partial charge in [-0.05, 0) is 37.8 Å². The second kappa shape index (κ2) is 10.4. The van der Waals surface area contributed by atoms with Gasteiger partial charge in [0.05, 0.1) is 29.6 Å². The summed E-state index contributed by atoms with van der Waals surface area (Å²) in [6, 6.07) is 7.18. The third kappa shape index (κ3) is 5.24. The fourth-order valence-corrected chi connectivity index (χ4v) is 3.99. The highest BCUT2D eigenvalue weighted by molar-refractivity contribution is 6.00. The van der Waals surface area contributed by atoms with Gasteiger partial charge in [-0.1, -0.05) is 6.07 Å². The molecule has 2 aliphatic rings. The molecule has 3 N–H and O–H groups in total. The van der Waals surface area contributed by atoms with E-state index >= 15 is 0 Å². The molecule has 0 spiro atoms. The third-order valence-corrected chi connectivity index (χ3v) is 6.48. The van der Waals surface area contributed by atoms with Crippen molar-refractivity contribution in [1.29, 1.82) is 0 Å². The Bertz CT molecular complexity index is 1390. The number of carbonyl (C=O) groups excluding carboxylic acids is 3. The lowest BCUT2D eigenvalue weighted by Gasteiger charge is -2.17. The predicted octanol–water partition coefficient (Wildman–Crippen LogP) is 2.63. The van der Waals surface area contributed by atoms with Crippen LogP contribution in [0.25, 0.3) is 11.4 Å². The first-order valence-electron chi connectivity index (χ1n) is 12.3. The number of nitrogens with one attached hydrogen (secondary N) is 3. The first kappa shape index (κ1) is 25.1. The standard InChI is InChI=1S/C26H28N8O4/c1-27-25(36)21-19(11-20(32-33-21)31-24(35)14-7-8-14)30-18-6-4-5-17(22(18)38-3)23-28-12-15(13-29-23)26(37)34(2)16-9-10-16/h4-6,11-14,16H,7-10H2,1-3H3,(H,27,36)(H2,30,31,32,35). The van der Waals surface area contributed by atoms with E-state index in [0.29, 0.717) is 34.1 Å². The Hall–Kier alpha value is -4.61. The number of anilines is 3. The zero-order valence-corrected chi connectivity index (χ0v) is 21.3. The summed E-state index contributed by atoms with van der Waals surface area (Å²) in [6.07, 6.45) is 6.74. The van der Waals surface area contributed by atoms with Gasteiger partial charge < -0.3 is 25.6 Å². The topological polar surface area (TPSA) is 151 Å². The predicted molar refractivity (Wildman–Crippen MR) is 139 cm³/mol. The Morgan fingerprint density at radius 3 is 2.39 bits per heavy atom. The van der Waals surface area contributed by atoms with E-state index in [2.05, 4.69) is 36.1 Å². The number of amides is 3. The Kier molecular flexibility index (Phi) is 6.86. The van der Waals surface area contributed by atoms with E-state index in [1.807, 2.05) is 0 Å². The summed E-state index contributed by atoms with van der Waals surface area (Å²) in [5.41, 5.74) is 1.88. The fourth-order valence-electron chi connectivity index (χ4n) is 3.99. The molecule has 0 atom stereocenters. The quantitative estimate of drug-likeness (QED) is 0.390. The largest absolute Gasteiger partial charge is 0.494 e.